The van der Waals surface area contributed by atoms with E-state index in [-0.39, 0.29) is 17.4 Å². The molecule has 3 aromatic rings. The zero-order chi connectivity index (χ0) is 25.8. The predicted molar refractivity (Wildman–Crippen MR) is 134 cm³/mol. The number of ketones is 1. The predicted octanol–water partition coefficient (Wildman–Crippen LogP) is 4.67. The van der Waals surface area contributed by atoms with Crippen molar-refractivity contribution in [3.05, 3.63) is 95.3 Å². The zero-order valence-electron chi connectivity index (χ0n) is 20.2. The zero-order valence-corrected chi connectivity index (χ0v) is 20.2. The fourth-order valence-corrected chi connectivity index (χ4v) is 4.01. The van der Waals surface area contributed by atoms with E-state index >= 15 is 0 Å². The second-order valence-electron chi connectivity index (χ2n) is 8.39. The highest BCUT2D eigenvalue weighted by atomic mass is 16.5. The van der Waals surface area contributed by atoms with Crippen molar-refractivity contribution in [3.63, 3.8) is 0 Å². The summed E-state index contributed by atoms with van der Waals surface area (Å²) in [5.74, 6) is -1.95. The Morgan fingerprint density at radius 3 is 2.42 bits per heavy atom. The number of aliphatic hydroxyl groups excluding tert-OH is 1. The number of benzene rings is 2. The van der Waals surface area contributed by atoms with Crippen LogP contribution in [0.3, 0.4) is 0 Å². The van der Waals surface area contributed by atoms with Gasteiger partial charge in [0.05, 0.1) is 29.5 Å². The van der Waals surface area contributed by atoms with E-state index < -0.39 is 23.7 Å². The summed E-state index contributed by atoms with van der Waals surface area (Å²) in [6.07, 6.45) is 1.27. The molecule has 8 nitrogen and oxygen atoms in total. The van der Waals surface area contributed by atoms with E-state index in [1.165, 1.54) is 17.0 Å². The number of nitrogens with zero attached hydrogens (tertiary/aromatic N) is 2. The van der Waals surface area contributed by atoms with Crippen LogP contribution in [-0.2, 0) is 14.3 Å². The number of anilines is 1. The molecule has 4 rings (SSSR count). The standard InChI is InChI=1S/C28H26N2O6/c1-4-35-21-9-7-8-19(16-21)25(31)23-24(22-10-5-6-15-29-22)30(27(33)26(23)32)20-13-11-18(12-14-20)28(34)36-17(2)3/h5-17,24,31H,4H2,1-3H3/b25-23+. The molecule has 8 heteroatoms. The SMILES string of the molecule is CCOc1cccc(/C(O)=C2\C(=O)C(=O)N(c3ccc(C(=O)OC(C)C)cc3)C2c2ccccn2)c1. The van der Waals surface area contributed by atoms with Crippen molar-refractivity contribution in [1.82, 2.24) is 4.98 Å². The third kappa shape index (κ3) is 4.84. The van der Waals surface area contributed by atoms with Crippen molar-refractivity contribution in [3.8, 4) is 5.75 Å². The van der Waals surface area contributed by atoms with E-state index in [9.17, 15) is 19.5 Å². The van der Waals surface area contributed by atoms with Crippen LogP contribution in [0.2, 0.25) is 0 Å². The number of Topliss-reactive ketones (excluding diaryl/α,β-unsaturated/α-hetero) is 1. The lowest BCUT2D eigenvalue weighted by molar-refractivity contribution is -0.132. The van der Waals surface area contributed by atoms with Crippen LogP contribution in [0.1, 0.15) is 48.4 Å². The maximum absolute atomic E-state index is 13.3. The first-order chi connectivity index (χ1) is 17.3. The van der Waals surface area contributed by atoms with Gasteiger partial charge >= 0.3 is 5.97 Å². The van der Waals surface area contributed by atoms with Gasteiger partial charge in [-0.15, -0.1) is 0 Å². The van der Waals surface area contributed by atoms with Crippen LogP contribution in [0, 0.1) is 0 Å². The Labute approximate surface area is 208 Å². The molecule has 1 aliphatic rings. The summed E-state index contributed by atoms with van der Waals surface area (Å²) >= 11 is 0. The van der Waals surface area contributed by atoms with Crippen molar-refractivity contribution in [1.29, 1.82) is 0 Å². The maximum Gasteiger partial charge on any atom is 0.338 e. The first kappa shape index (κ1) is 24.7. The number of aromatic nitrogens is 1. The second-order valence-corrected chi connectivity index (χ2v) is 8.39. The average Bonchev–Trinajstić information content (AvgIpc) is 3.14. The number of carbonyl (C=O) groups excluding carboxylic acids is 3. The molecule has 0 saturated carbocycles. The van der Waals surface area contributed by atoms with Gasteiger partial charge in [-0.1, -0.05) is 18.2 Å². The average molecular weight is 487 g/mol. The number of ether oxygens (including phenoxy) is 2. The van der Waals surface area contributed by atoms with Gasteiger partial charge in [0.15, 0.2) is 0 Å². The van der Waals surface area contributed by atoms with Crippen LogP contribution in [0.4, 0.5) is 5.69 Å². The highest BCUT2D eigenvalue weighted by Gasteiger charge is 2.47. The highest BCUT2D eigenvalue weighted by molar-refractivity contribution is 6.51. The number of aliphatic hydroxyl groups is 1. The molecule has 1 aliphatic heterocycles. The molecule has 0 spiro atoms. The smallest absolute Gasteiger partial charge is 0.338 e. The normalized spacial score (nSPS) is 16.9. The first-order valence-corrected chi connectivity index (χ1v) is 11.6. The van der Waals surface area contributed by atoms with Gasteiger partial charge < -0.3 is 14.6 Å². The summed E-state index contributed by atoms with van der Waals surface area (Å²) in [6, 6.07) is 17.0. The molecular formula is C28H26N2O6. The quantitative estimate of drug-likeness (QED) is 0.224. The van der Waals surface area contributed by atoms with Crippen LogP contribution in [0.25, 0.3) is 5.76 Å². The van der Waals surface area contributed by atoms with E-state index in [0.717, 1.165) is 0 Å². The summed E-state index contributed by atoms with van der Waals surface area (Å²) in [7, 11) is 0. The molecule has 0 radical (unpaired) electrons. The molecule has 1 atom stereocenters. The van der Waals surface area contributed by atoms with Crippen LogP contribution in [0.5, 0.6) is 5.75 Å². The van der Waals surface area contributed by atoms with Crippen molar-refractivity contribution in [2.45, 2.75) is 32.9 Å². The highest BCUT2D eigenvalue weighted by Crippen LogP contribution is 2.41. The van der Waals surface area contributed by atoms with E-state index in [4.69, 9.17) is 9.47 Å². The number of carbonyl (C=O) groups is 3. The van der Waals surface area contributed by atoms with Gasteiger partial charge in [-0.3, -0.25) is 19.5 Å². The minimum Gasteiger partial charge on any atom is -0.507 e. The summed E-state index contributed by atoms with van der Waals surface area (Å²) < 4.78 is 10.7. The topological polar surface area (TPSA) is 106 Å². The van der Waals surface area contributed by atoms with Gasteiger partial charge in [0, 0.05) is 17.4 Å². The molecule has 1 saturated heterocycles. The van der Waals surface area contributed by atoms with Gasteiger partial charge in [-0.25, -0.2) is 4.79 Å². The third-order valence-electron chi connectivity index (χ3n) is 5.55. The second kappa shape index (κ2) is 10.4. The van der Waals surface area contributed by atoms with E-state index in [2.05, 4.69) is 4.98 Å². The Hall–Kier alpha value is -4.46. The van der Waals surface area contributed by atoms with Crippen LogP contribution >= 0.6 is 0 Å². The lowest BCUT2D eigenvalue weighted by atomic mass is 9.98. The van der Waals surface area contributed by atoms with Gasteiger partial charge in [-0.05, 0) is 69.3 Å². The first-order valence-electron chi connectivity index (χ1n) is 11.6. The number of amides is 1. The van der Waals surface area contributed by atoms with Gasteiger partial charge in [-0.2, -0.15) is 0 Å². The molecule has 1 unspecified atom stereocenters. The fraction of sp³-hybridized carbons (Fsp3) is 0.214. The number of rotatable bonds is 7. The molecule has 184 valence electrons. The van der Waals surface area contributed by atoms with Crippen LogP contribution in [-0.4, -0.2) is 40.5 Å². The van der Waals surface area contributed by atoms with E-state index in [0.29, 0.717) is 34.9 Å². The van der Waals surface area contributed by atoms with Crippen molar-refractivity contribution in [2.24, 2.45) is 0 Å². The number of pyridine rings is 1. The Kier molecular flexibility index (Phi) is 7.15. The summed E-state index contributed by atoms with van der Waals surface area (Å²) in [6.45, 7) is 5.78. The Morgan fingerprint density at radius 1 is 1.03 bits per heavy atom. The molecule has 1 N–H and O–H groups in total. The maximum atomic E-state index is 13.3. The van der Waals surface area contributed by atoms with Crippen molar-refractivity contribution >= 4 is 29.1 Å². The molecule has 1 amide bonds. The third-order valence-corrected chi connectivity index (χ3v) is 5.55. The van der Waals surface area contributed by atoms with Gasteiger partial charge in [0.2, 0.25) is 0 Å². The molecule has 2 heterocycles. The lowest BCUT2D eigenvalue weighted by Gasteiger charge is -2.24. The van der Waals surface area contributed by atoms with Crippen molar-refractivity contribution < 1.29 is 29.0 Å². The number of hydrogen-bond donors (Lipinski definition) is 1. The monoisotopic (exact) mass is 486 g/mol. The summed E-state index contributed by atoms with van der Waals surface area (Å²) in [5.41, 5.74) is 1.34. The summed E-state index contributed by atoms with van der Waals surface area (Å²) in [4.78, 5) is 44.4. The molecule has 0 bridgehead atoms. The molecule has 2 aromatic carbocycles. The molecule has 36 heavy (non-hydrogen) atoms. The van der Waals surface area contributed by atoms with Crippen LogP contribution < -0.4 is 9.64 Å². The minimum absolute atomic E-state index is 0.0874. The van der Waals surface area contributed by atoms with Crippen molar-refractivity contribution in [2.75, 3.05) is 11.5 Å². The Bertz CT molecular complexity index is 1320. The molecular weight excluding hydrogens is 460 g/mol. The van der Waals surface area contributed by atoms with Gasteiger partial charge in [0.1, 0.15) is 17.6 Å². The van der Waals surface area contributed by atoms with E-state index in [1.807, 2.05) is 6.92 Å². The lowest BCUT2D eigenvalue weighted by Crippen LogP contribution is -2.29. The molecule has 1 fully saturated rings. The van der Waals surface area contributed by atoms with Gasteiger partial charge in [0.25, 0.3) is 11.7 Å². The Balaban J connectivity index is 1.81. The molecule has 0 aliphatic carbocycles. The minimum atomic E-state index is -0.976. The molecule has 1 aromatic heterocycles. The summed E-state index contributed by atoms with van der Waals surface area (Å²) in [5, 5.41) is 11.2. The fourth-order valence-electron chi connectivity index (χ4n) is 4.01. The largest absolute Gasteiger partial charge is 0.507 e. The van der Waals surface area contributed by atoms with Crippen LogP contribution in [0.15, 0.2) is 78.5 Å². The van der Waals surface area contributed by atoms with E-state index in [1.54, 1.807) is 74.6 Å². The number of hydrogen-bond acceptors (Lipinski definition) is 7. The Morgan fingerprint density at radius 2 is 1.78 bits per heavy atom. The number of esters is 1.